The smallest absolute Gasteiger partial charge is 0.0964 e. The van der Waals surface area contributed by atoms with Crippen molar-refractivity contribution in [3.05, 3.63) is 41.7 Å². The zero-order valence-corrected chi connectivity index (χ0v) is 12.5. The molecule has 0 unspecified atom stereocenters. The Hall–Kier alpha value is -1.88. The Labute approximate surface area is 120 Å². The monoisotopic (exact) mass is 273 g/mol. The van der Waals surface area contributed by atoms with Crippen LogP contribution in [0.25, 0.3) is 0 Å². The van der Waals surface area contributed by atoms with Gasteiger partial charge in [0, 0.05) is 31.5 Å². The molecule has 2 aromatic rings. The van der Waals surface area contributed by atoms with E-state index in [-0.39, 0.29) is 0 Å². The van der Waals surface area contributed by atoms with Crippen LogP contribution in [0.3, 0.4) is 0 Å². The van der Waals surface area contributed by atoms with Crippen molar-refractivity contribution in [2.45, 2.75) is 26.9 Å². The Morgan fingerprint density at radius 2 is 2.00 bits per heavy atom. The van der Waals surface area contributed by atoms with E-state index in [1.807, 2.05) is 17.9 Å². The van der Waals surface area contributed by atoms with Gasteiger partial charge in [0.2, 0.25) is 0 Å². The Bertz CT molecular complexity index is 517. The van der Waals surface area contributed by atoms with E-state index in [2.05, 4.69) is 58.6 Å². The van der Waals surface area contributed by atoms with E-state index in [0.29, 0.717) is 0 Å². The average Bonchev–Trinajstić information content (AvgIpc) is 2.89. The van der Waals surface area contributed by atoms with Crippen molar-refractivity contribution >= 4 is 5.69 Å². The number of aromatic nitrogens is 3. The second-order valence-corrected chi connectivity index (χ2v) is 4.92. The topological polar surface area (TPSA) is 46.0 Å². The molecular weight excluding hydrogens is 250 g/mol. The third kappa shape index (κ3) is 3.81. The van der Waals surface area contributed by atoms with Crippen LogP contribution in [-0.4, -0.2) is 35.1 Å². The highest BCUT2D eigenvalue weighted by Crippen LogP contribution is 2.14. The predicted molar refractivity (Wildman–Crippen MR) is 81.9 cm³/mol. The van der Waals surface area contributed by atoms with E-state index in [1.165, 1.54) is 11.3 Å². The normalized spacial score (nSPS) is 10.8. The number of rotatable bonds is 7. The number of likely N-dealkylation sites (N-methyl/N-ethyl adjacent to an activating group) is 1. The Morgan fingerprint density at radius 1 is 1.25 bits per heavy atom. The maximum absolute atomic E-state index is 4.15. The van der Waals surface area contributed by atoms with Gasteiger partial charge in [-0.3, -0.25) is 4.68 Å². The van der Waals surface area contributed by atoms with Crippen molar-refractivity contribution in [1.29, 1.82) is 0 Å². The van der Waals surface area contributed by atoms with Gasteiger partial charge in [0.25, 0.3) is 0 Å². The molecule has 0 bridgehead atoms. The molecule has 1 N–H and O–H groups in total. The summed E-state index contributed by atoms with van der Waals surface area (Å²) in [6, 6.07) is 8.65. The van der Waals surface area contributed by atoms with Gasteiger partial charge >= 0.3 is 0 Å². The zero-order chi connectivity index (χ0) is 14.4. The van der Waals surface area contributed by atoms with Crippen LogP contribution in [0.15, 0.2) is 30.5 Å². The maximum Gasteiger partial charge on any atom is 0.0964 e. The molecule has 0 saturated heterocycles. The summed E-state index contributed by atoms with van der Waals surface area (Å²) in [4.78, 5) is 2.35. The van der Waals surface area contributed by atoms with Crippen LogP contribution < -0.4 is 10.2 Å². The van der Waals surface area contributed by atoms with E-state index in [9.17, 15) is 0 Å². The van der Waals surface area contributed by atoms with Gasteiger partial charge in [0.15, 0.2) is 0 Å². The van der Waals surface area contributed by atoms with Crippen molar-refractivity contribution in [2.75, 3.05) is 25.0 Å². The summed E-state index contributed by atoms with van der Waals surface area (Å²) < 4.78 is 1.91. The number of hydrogen-bond acceptors (Lipinski definition) is 4. The minimum atomic E-state index is 0.759. The standard InChI is InChI=1S/C15H23N5/c1-4-19(15-7-5-13(2)6-8-15)9-10-20-12-14(11-16-3)17-18-20/h5-8,12,16H,4,9-11H2,1-3H3. The number of nitrogens with one attached hydrogen (secondary N) is 1. The first-order valence-electron chi connectivity index (χ1n) is 7.08. The molecule has 1 aromatic heterocycles. The predicted octanol–water partition coefficient (Wildman–Crippen LogP) is 1.83. The minimum absolute atomic E-state index is 0.759. The molecule has 20 heavy (non-hydrogen) atoms. The first-order chi connectivity index (χ1) is 9.72. The average molecular weight is 273 g/mol. The fourth-order valence-electron chi connectivity index (χ4n) is 2.16. The number of aryl methyl sites for hydroxylation is 1. The molecule has 0 radical (unpaired) electrons. The molecule has 5 nitrogen and oxygen atoms in total. The van der Waals surface area contributed by atoms with Crippen LogP contribution in [-0.2, 0) is 13.1 Å². The first kappa shape index (κ1) is 14.5. The highest BCUT2D eigenvalue weighted by molar-refractivity contribution is 5.47. The van der Waals surface area contributed by atoms with Gasteiger partial charge < -0.3 is 10.2 Å². The lowest BCUT2D eigenvalue weighted by atomic mass is 10.2. The van der Waals surface area contributed by atoms with Crippen LogP contribution in [0.2, 0.25) is 0 Å². The van der Waals surface area contributed by atoms with Gasteiger partial charge in [0.1, 0.15) is 0 Å². The van der Waals surface area contributed by atoms with Crippen molar-refractivity contribution in [1.82, 2.24) is 20.3 Å². The van der Waals surface area contributed by atoms with E-state index in [4.69, 9.17) is 0 Å². The molecule has 1 aromatic carbocycles. The Morgan fingerprint density at radius 3 is 2.65 bits per heavy atom. The lowest BCUT2D eigenvalue weighted by molar-refractivity contribution is 0.578. The minimum Gasteiger partial charge on any atom is -0.370 e. The van der Waals surface area contributed by atoms with Gasteiger partial charge in [-0.2, -0.15) is 0 Å². The van der Waals surface area contributed by atoms with Gasteiger partial charge in [-0.25, -0.2) is 0 Å². The van der Waals surface area contributed by atoms with E-state index in [1.54, 1.807) is 0 Å². The van der Waals surface area contributed by atoms with Crippen molar-refractivity contribution < 1.29 is 0 Å². The quantitative estimate of drug-likeness (QED) is 0.836. The molecule has 0 saturated carbocycles. The molecule has 108 valence electrons. The fraction of sp³-hybridized carbons (Fsp3) is 0.467. The zero-order valence-electron chi connectivity index (χ0n) is 12.5. The molecule has 2 rings (SSSR count). The van der Waals surface area contributed by atoms with Crippen LogP contribution in [0.4, 0.5) is 5.69 Å². The third-order valence-corrected chi connectivity index (χ3v) is 3.32. The molecule has 0 amide bonds. The molecule has 0 atom stereocenters. The molecule has 1 heterocycles. The van der Waals surface area contributed by atoms with Crippen molar-refractivity contribution in [2.24, 2.45) is 0 Å². The van der Waals surface area contributed by atoms with Crippen LogP contribution >= 0.6 is 0 Å². The second kappa shape index (κ2) is 7.05. The molecule has 0 spiro atoms. The van der Waals surface area contributed by atoms with E-state index < -0.39 is 0 Å². The van der Waals surface area contributed by atoms with Crippen molar-refractivity contribution in [3.8, 4) is 0 Å². The Kier molecular flexibility index (Phi) is 5.12. The highest BCUT2D eigenvalue weighted by Gasteiger charge is 2.05. The molecular formula is C15H23N5. The summed E-state index contributed by atoms with van der Waals surface area (Å²) >= 11 is 0. The summed E-state index contributed by atoms with van der Waals surface area (Å²) in [6.07, 6.45) is 2.00. The highest BCUT2D eigenvalue weighted by atomic mass is 15.4. The number of benzene rings is 1. The number of hydrogen-bond donors (Lipinski definition) is 1. The lowest BCUT2D eigenvalue weighted by Crippen LogP contribution is -2.27. The SMILES string of the molecule is CCN(CCn1cc(CNC)nn1)c1ccc(C)cc1. The molecule has 5 heteroatoms. The fourth-order valence-corrected chi connectivity index (χ4v) is 2.16. The maximum atomic E-state index is 4.15. The number of nitrogens with zero attached hydrogens (tertiary/aromatic N) is 4. The first-order valence-corrected chi connectivity index (χ1v) is 7.08. The van der Waals surface area contributed by atoms with Gasteiger partial charge in [-0.05, 0) is 33.0 Å². The molecule has 0 aliphatic heterocycles. The summed E-state index contributed by atoms with van der Waals surface area (Å²) in [7, 11) is 1.91. The Balaban J connectivity index is 1.94. The van der Waals surface area contributed by atoms with E-state index >= 15 is 0 Å². The van der Waals surface area contributed by atoms with E-state index in [0.717, 1.165) is 31.9 Å². The molecule has 0 aliphatic rings. The molecule has 0 fully saturated rings. The summed E-state index contributed by atoms with van der Waals surface area (Å²) in [5.74, 6) is 0. The van der Waals surface area contributed by atoms with Crippen molar-refractivity contribution in [3.63, 3.8) is 0 Å². The van der Waals surface area contributed by atoms with Crippen LogP contribution in [0.1, 0.15) is 18.2 Å². The summed E-state index contributed by atoms with van der Waals surface area (Å²) in [5.41, 5.74) is 3.53. The van der Waals surface area contributed by atoms with Crippen LogP contribution in [0.5, 0.6) is 0 Å². The van der Waals surface area contributed by atoms with Gasteiger partial charge in [0.05, 0.1) is 12.2 Å². The lowest BCUT2D eigenvalue weighted by Gasteiger charge is -2.23. The molecule has 0 aliphatic carbocycles. The number of anilines is 1. The van der Waals surface area contributed by atoms with Gasteiger partial charge in [-0.1, -0.05) is 22.9 Å². The largest absolute Gasteiger partial charge is 0.370 e. The van der Waals surface area contributed by atoms with Gasteiger partial charge in [-0.15, -0.1) is 5.10 Å². The second-order valence-electron chi connectivity index (χ2n) is 4.92. The van der Waals surface area contributed by atoms with Crippen LogP contribution in [0, 0.1) is 6.92 Å². The third-order valence-electron chi connectivity index (χ3n) is 3.32. The summed E-state index contributed by atoms with van der Waals surface area (Å²) in [5, 5.41) is 11.4. The summed E-state index contributed by atoms with van der Waals surface area (Å²) in [6.45, 7) is 7.81.